The molecule has 1 amide bonds. The van der Waals surface area contributed by atoms with Gasteiger partial charge in [-0.25, -0.2) is 0 Å². The molecule has 0 radical (unpaired) electrons. The van der Waals surface area contributed by atoms with E-state index in [9.17, 15) is 4.79 Å². The van der Waals surface area contributed by atoms with Crippen molar-refractivity contribution in [1.29, 1.82) is 0 Å². The van der Waals surface area contributed by atoms with E-state index in [0.29, 0.717) is 13.2 Å². The maximum absolute atomic E-state index is 13.1. The molecule has 6 heteroatoms. The smallest absolute Gasteiger partial charge is 0.230 e. The van der Waals surface area contributed by atoms with E-state index >= 15 is 0 Å². The van der Waals surface area contributed by atoms with Gasteiger partial charge in [-0.2, -0.15) is 5.10 Å². The number of hydrogen-bond donors (Lipinski definition) is 0. The van der Waals surface area contributed by atoms with Crippen molar-refractivity contribution in [3.63, 3.8) is 0 Å². The molecule has 4 rings (SSSR count). The molecule has 0 aliphatic carbocycles. The van der Waals surface area contributed by atoms with Crippen LogP contribution in [0.25, 0.3) is 0 Å². The highest BCUT2D eigenvalue weighted by atomic mass is 16.6. The Morgan fingerprint density at radius 2 is 2.16 bits per heavy atom. The van der Waals surface area contributed by atoms with E-state index in [2.05, 4.69) is 5.10 Å². The maximum Gasteiger partial charge on any atom is 0.230 e. The zero-order valence-electron chi connectivity index (χ0n) is 14.4. The Labute approximate surface area is 147 Å². The number of amides is 1. The Morgan fingerprint density at radius 3 is 2.96 bits per heavy atom. The third-order valence-electron chi connectivity index (χ3n) is 5.05. The van der Waals surface area contributed by atoms with Gasteiger partial charge in [0.15, 0.2) is 11.5 Å². The first kappa shape index (κ1) is 16.0. The van der Waals surface area contributed by atoms with Crippen LogP contribution in [0.3, 0.4) is 0 Å². The quantitative estimate of drug-likeness (QED) is 0.857. The Kier molecular flexibility index (Phi) is 4.34. The van der Waals surface area contributed by atoms with Gasteiger partial charge in [-0.3, -0.25) is 9.48 Å². The molecule has 132 valence electrons. The second-order valence-corrected chi connectivity index (χ2v) is 6.68. The van der Waals surface area contributed by atoms with Crippen LogP contribution in [0, 0.1) is 0 Å². The molecule has 6 nitrogen and oxygen atoms in total. The number of rotatable bonds is 4. The van der Waals surface area contributed by atoms with Crippen molar-refractivity contribution in [3.8, 4) is 11.5 Å². The highest BCUT2D eigenvalue weighted by Gasteiger charge is 2.32. The molecule has 2 atom stereocenters. The van der Waals surface area contributed by atoms with Crippen LogP contribution in [0.15, 0.2) is 36.7 Å². The van der Waals surface area contributed by atoms with Gasteiger partial charge in [0.05, 0.1) is 18.5 Å². The largest absolute Gasteiger partial charge is 0.486 e. The predicted octanol–water partition coefficient (Wildman–Crippen LogP) is 2.45. The van der Waals surface area contributed by atoms with E-state index < -0.39 is 0 Å². The number of carbonyl (C=O) groups is 1. The van der Waals surface area contributed by atoms with E-state index in [1.165, 1.54) is 0 Å². The Morgan fingerprint density at radius 1 is 1.32 bits per heavy atom. The minimum Gasteiger partial charge on any atom is -0.486 e. The summed E-state index contributed by atoms with van der Waals surface area (Å²) in [6.07, 6.45) is 5.80. The van der Waals surface area contributed by atoms with E-state index in [1.54, 1.807) is 6.20 Å². The first-order chi connectivity index (χ1) is 12.2. The van der Waals surface area contributed by atoms with Crippen molar-refractivity contribution in [1.82, 2.24) is 14.7 Å². The number of likely N-dealkylation sites (tertiary alicyclic amines) is 1. The topological polar surface area (TPSA) is 56.6 Å². The first-order valence-electron chi connectivity index (χ1n) is 8.90. The number of benzene rings is 1. The van der Waals surface area contributed by atoms with Crippen LogP contribution in [0.5, 0.6) is 11.5 Å². The zero-order valence-corrected chi connectivity index (χ0v) is 14.4. The summed E-state index contributed by atoms with van der Waals surface area (Å²) in [5.41, 5.74) is 0.971. The minimum atomic E-state index is -0.200. The van der Waals surface area contributed by atoms with Crippen LogP contribution in [0.2, 0.25) is 0 Å². The van der Waals surface area contributed by atoms with Gasteiger partial charge in [0, 0.05) is 18.9 Å². The molecule has 1 fully saturated rings. The van der Waals surface area contributed by atoms with Gasteiger partial charge in [-0.15, -0.1) is 0 Å². The number of nitrogens with zero attached hydrogens (tertiary/aromatic N) is 3. The van der Waals surface area contributed by atoms with Gasteiger partial charge in [0.1, 0.15) is 13.2 Å². The first-order valence-corrected chi connectivity index (χ1v) is 8.90. The van der Waals surface area contributed by atoms with E-state index in [4.69, 9.17) is 9.47 Å². The van der Waals surface area contributed by atoms with E-state index in [0.717, 1.165) is 43.0 Å². The maximum atomic E-state index is 13.1. The number of aromatic nitrogens is 2. The summed E-state index contributed by atoms with van der Waals surface area (Å²) in [6, 6.07) is 7.94. The molecule has 0 bridgehead atoms. The monoisotopic (exact) mass is 341 g/mol. The lowest BCUT2D eigenvalue weighted by Gasteiger charge is -2.28. The fourth-order valence-electron chi connectivity index (χ4n) is 3.66. The molecule has 1 aromatic heterocycles. The zero-order chi connectivity index (χ0) is 17.2. The molecule has 0 N–H and O–H groups in total. The predicted molar refractivity (Wildman–Crippen MR) is 92.8 cm³/mol. The second-order valence-electron chi connectivity index (χ2n) is 6.68. The summed E-state index contributed by atoms with van der Waals surface area (Å²) in [4.78, 5) is 15.1. The van der Waals surface area contributed by atoms with Gasteiger partial charge in [0.2, 0.25) is 5.91 Å². The summed E-state index contributed by atoms with van der Waals surface area (Å²) in [5, 5.41) is 4.27. The molecule has 1 saturated heterocycles. The van der Waals surface area contributed by atoms with E-state index in [1.807, 2.05) is 47.0 Å². The molecule has 2 aliphatic heterocycles. The molecular weight excluding hydrogens is 318 g/mol. The van der Waals surface area contributed by atoms with Crippen LogP contribution in [0.1, 0.15) is 31.2 Å². The van der Waals surface area contributed by atoms with Gasteiger partial charge in [0.25, 0.3) is 0 Å². The van der Waals surface area contributed by atoms with E-state index in [-0.39, 0.29) is 17.9 Å². The molecular formula is C19H23N3O3. The van der Waals surface area contributed by atoms with Crippen molar-refractivity contribution in [2.24, 2.45) is 0 Å². The van der Waals surface area contributed by atoms with Crippen LogP contribution in [0.4, 0.5) is 0 Å². The Balaban J connectivity index is 1.49. The summed E-state index contributed by atoms with van der Waals surface area (Å²) in [6.45, 7) is 4.67. The van der Waals surface area contributed by atoms with Crippen LogP contribution in [-0.4, -0.2) is 46.4 Å². The molecule has 2 aromatic rings. The number of hydrogen-bond acceptors (Lipinski definition) is 4. The number of ether oxygens (including phenoxy) is 2. The molecule has 0 spiro atoms. The third-order valence-corrected chi connectivity index (χ3v) is 5.05. The van der Waals surface area contributed by atoms with Gasteiger partial charge in [-0.1, -0.05) is 6.07 Å². The molecule has 0 unspecified atom stereocenters. The fourth-order valence-corrected chi connectivity index (χ4v) is 3.66. The van der Waals surface area contributed by atoms with Crippen molar-refractivity contribution in [2.75, 3.05) is 19.8 Å². The molecule has 0 saturated carbocycles. The molecule has 1 aromatic carbocycles. The Bertz CT molecular complexity index is 744. The lowest BCUT2D eigenvalue weighted by Crippen LogP contribution is -2.40. The average molecular weight is 341 g/mol. The lowest BCUT2D eigenvalue weighted by molar-refractivity contribution is -0.133. The number of carbonyl (C=O) groups excluding carboxylic acids is 1. The van der Waals surface area contributed by atoms with Crippen LogP contribution in [-0.2, 0) is 11.3 Å². The van der Waals surface area contributed by atoms with Gasteiger partial charge < -0.3 is 14.4 Å². The van der Waals surface area contributed by atoms with Gasteiger partial charge in [-0.05, 0) is 43.5 Å². The highest BCUT2D eigenvalue weighted by Crippen LogP contribution is 2.34. The standard InChI is InChI=1S/C19H23N3O3/c1-14(15-5-6-17-18(12-15)25-11-10-24-17)19(23)22-9-2-4-16(22)13-21-8-3-7-20-21/h3,5-8,12,14,16H,2,4,9-11,13H2,1H3/t14-,16+/m0/s1. The normalized spacial score (nSPS) is 20.5. The van der Waals surface area contributed by atoms with Crippen molar-refractivity contribution in [2.45, 2.75) is 38.3 Å². The fraction of sp³-hybridized carbons (Fsp3) is 0.474. The van der Waals surface area contributed by atoms with Gasteiger partial charge >= 0.3 is 0 Å². The summed E-state index contributed by atoms with van der Waals surface area (Å²) < 4.78 is 13.1. The second kappa shape index (κ2) is 6.78. The molecule has 3 heterocycles. The SMILES string of the molecule is C[C@H](C(=O)N1CCC[C@@H]1Cn1cccn1)c1ccc2c(c1)OCCO2. The minimum absolute atomic E-state index is 0.173. The summed E-state index contributed by atoms with van der Waals surface area (Å²) in [7, 11) is 0. The summed E-state index contributed by atoms with van der Waals surface area (Å²) in [5.74, 6) is 1.46. The average Bonchev–Trinajstić information content (AvgIpc) is 3.32. The lowest BCUT2D eigenvalue weighted by atomic mass is 9.98. The van der Waals surface area contributed by atoms with Crippen molar-refractivity contribution >= 4 is 5.91 Å². The third kappa shape index (κ3) is 3.21. The van der Waals surface area contributed by atoms with Crippen LogP contribution >= 0.6 is 0 Å². The highest BCUT2D eigenvalue weighted by molar-refractivity contribution is 5.84. The molecule has 25 heavy (non-hydrogen) atoms. The van der Waals surface area contributed by atoms with Crippen molar-refractivity contribution < 1.29 is 14.3 Å². The Hall–Kier alpha value is -2.50. The van der Waals surface area contributed by atoms with Crippen LogP contribution < -0.4 is 9.47 Å². The summed E-state index contributed by atoms with van der Waals surface area (Å²) >= 11 is 0. The van der Waals surface area contributed by atoms with Crippen molar-refractivity contribution in [3.05, 3.63) is 42.2 Å². The number of fused-ring (bicyclic) bond motifs is 1. The molecule has 2 aliphatic rings.